The summed E-state index contributed by atoms with van der Waals surface area (Å²) < 4.78 is 31.9. The van der Waals surface area contributed by atoms with Crippen LogP contribution in [0.25, 0.3) is 0 Å². The summed E-state index contributed by atoms with van der Waals surface area (Å²) in [5.74, 6) is 2.48. The number of nitrogens with zero attached hydrogens (tertiary/aromatic N) is 1. The van der Waals surface area contributed by atoms with Gasteiger partial charge in [0.15, 0.2) is 0 Å². The van der Waals surface area contributed by atoms with E-state index in [-0.39, 0.29) is 4.90 Å². The van der Waals surface area contributed by atoms with Gasteiger partial charge < -0.3 is 4.74 Å². The second kappa shape index (κ2) is 8.89. The number of halogens is 1. The molecule has 0 saturated carbocycles. The molecule has 4 nitrogen and oxygen atoms in total. The molecule has 0 bridgehead atoms. The SMILES string of the molecule is CN(C)S(=O)(=O)c1ccc(OCCSCc2cccc(Br)c2)cc1. The van der Waals surface area contributed by atoms with Crippen LogP contribution in [-0.4, -0.2) is 39.2 Å². The third-order valence-corrected chi connectivity index (χ3v) is 6.57. The quantitative estimate of drug-likeness (QED) is 0.594. The molecule has 130 valence electrons. The molecule has 0 atom stereocenters. The molecule has 2 aromatic carbocycles. The van der Waals surface area contributed by atoms with Crippen LogP contribution in [0.5, 0.6) is 5.75 Å². The molecule has 2 aromatic rings. The van der Waals surface area contributed by atoms with Gasteiger partial charge in [-0.15, -0.1) is 0 Å². The zero-order valence-electron chi connectivity index (χ0n) is 13.6. The van der Waals surface area contributed by atoms with Crippen LogP contribution in [0.2, 0.25) is 0 Å². The molecule has 0 saturated heterocycles. The van der Waals surface area contributed by atoms with E-state index >= 15 is 0 Å². The van der Waals surface area contributed by atoms with Crippen LogP contribution >= 0.6 is 27.7 Å². The Balaban J connectivity index is 1.77. The average Bonchev–Trinajstić information content (AvgIpc) is 2.55. The van der Waals surface area contributed by atoms with Crippen LogP contribution in [0.1, 0.15) is 5.56 Å². The zero-order valence-corrected chi connectivity index (χ0v) is 16.8. The van der Waals surface area contributed by atoms with Crippen LogP contribution in [0.4, 0.5) is 0 Å². The Morgan fingerprint density at radius 2 is 1.83 bits per heavy atom. The summed E-state index contributed by atoms with van der Waals surface area (Å²) in [6.07, 6.45) is 0. The van der Waals surface area contributed by atoms with Crippen molar-refractivity contribution in [3.8, 4) is 5.75 Å². The number of ether oxygens (including phenoxy) is 1. The highest BCUT2D eigenvalue weighted by atomic mass is 79.9. The van der Waals surface area contributed by atoms with Gasteiger partial charge in [-0.25, -0.2) is 12.7 Å². The second-order valence-corrected chi connectivity index (χ2v) is 9.46. The first kappa shape index (κ1) is 19.3. The van der Waals surface area contributed by atoms with E-state index in [2.05, 4.69) is 28.1 Å². The van der Waals surface area contributed by atoms with Gasteiger partial charge in [-0.1, -0.05) is 28.1 Å². The van der Waals surface area contributed by atoms with E-state index < -0.39 is 10.0 Å². The Morgan fingerprint density at radius 3 is 2.46 bits per heavy atom. The van der Waals surface area contributed by atoms with Crippen molar-refractivity contribution in [1.82, 2.24) is 4.31 Å². The zero-order chi connectivity index (χ0) is 17.6. The summed E-state index contributed by atoms with van der Waals surface area (Å²) in [4.78, 5) is 0.267. The van der Waals surface area contributed by atoms with Crippen LogP contribution in [0.3, 0.4) is 0 Å². The second-order valence-electron chi connectivity index (χ2n) is 5.29. The molecule has 7 heteroatoms. The van der Waals surface area contributed by atoms with E-state index in [4.69, 9.17) is 4.74 Å². The molecule has 0 N–H and O–H groups in total. The van der Waals surface area contributed by atoms with E-state index in [1.165, 1.54) is 24.0 Å². The Morgan fingerprint density at radius 1 is 1.12 bits per heavy atom. The molecule has 0 aliphatic heterocycles. The molecule has 2 rings (SSSR count). The lowest BCUT2D eigenvalue weighted by Crippen LogP contribution is -2.22. The fourth-order valence-corrected chi connectivity index (χ4v) is 4.06. The minimum atomic E-state index is -3.39. The minimum Gasteiger partial charge on any atom is -0.493 e. The number of thioether (sulfide) groups is 1. The normalized spacial score (nSPS) is 11.7. The summed E-state index contributed by atoms with van der Waals surface area (Å²) in [5.41, 5.74) is 1.27. The van der Waals surface area contributed by atoms with Crippen molar-refractivity contribution in [2.75, 3.05) is 26.5 Å². The van der Waals surface area contributed by atoms with Gasteiger partial charge in [-0.05, 0) is 42.0 Å². The first-order valence-corrected chi connectivity index (χ1v) is 10.8. The molecule has 0 fully saturated rings. The summed E-state index contributed by atoms with van der Waals surface area (Å²) in [7, 11) is -0.355. The van der Waals surface area contributed by atoms with Crippen molar-refractivity contribution in [1.29, 1.82) is 0 Å². The predicted molar refractivity (Wildman–Crippen MR) is 103 cm³/mol. The Bertz CT molecular complexity index is 762. The van der Waals surface area contributed by atoms with Crippen molar-refractivity contribution in [3.63, 3.8) is 0 Å². The number of sulfonamides is 1. The Kier molecular flexibility index (Phi) is 7.16. The van der Waals surface area contributed by atoms with Crippen LogP contribution < -0.4 is 4.74 Å². The molecular formula is C17H20BrNO3S2. The van der Waals surface area contributed by atoms with Crippen molar-refractivity contribution in [3.05, 3.63) is 58.6 Å². The minimum absolute atomic E-state index is 0.267. The smallest absolute Gasteiger partial charge is 0.242 e. The van der Waals surface area contributed by atoms with Gasteiger partial charge in [0.25, 0.3) is 0 Å². The fraction of sp³-hybridized carbons (Fsp3) is 0.294. The summed E-state index contributed by atoms with van der Waals surface area (Å²) in [5, 5.41) is 0. The van der Waals surface area contributed by atoms with Crippen molar-refractivity contribution in [2.24, 2.45) is 0 Å². The van der Waals surface area contributed by atoms with Gasteiger partial charge in [-0.3, -0.25) is 0 Å². The molecule has 0 radical (unpaired) electrons. The predicted octanol–water partition coefficient (Wildman–Crippen LogP) is 4.01. The number of benzene rings is 2. The first-order valence-electron chi connectivity index (χ1n) is 7.37. The topological polar surface area (TPSA) is 46.6 Å². The van der Waals surface area contributed by atoms with Gasteiger partial charge in [0.05, 0.1) is 11.5 Å². The third kappa shape index (κ3) is 5.51. The van der Waals surface area contributed by atoms with E-state index in [1.807, 2.05) is 12.1 Å². The highest BCUT2D eigenvalue weighted by Crippen LogP contribution is 2.19. The molecule has 0 heterocycles. The molecule has 0 aromatic heterocycles. The van der Waals surface area contributed by atoms with Gasteiger partial charge in [0, 0.05) is 30.1 Å². The lowest BCUT2D eigenvalue weighted by Gasteiger charge is -2.12. The monoisotopic (exact) mass is 429 g/mol. The number of hydrogen-bond acceptors (Lipinski definition) is 4. The molecule has 0 aliphatic rings. The lowest BCUT2D eigenvalue weighted by molar-refractivity contribution is 0.343. The van der Waals surface area contributed by atoms with E-state index in [0.717, 1.165) is 16.0 Å². The van der Waals surface area contributed by atoms with E-state index in [0.29, 0.717) is 12.4 Å². The van der Waals surface area contributed by atoms with E-state index in [1.54, 1.807) is 36.0 Å². The summed E-state index contributed by atoms with van der Waals surface area (Å²) >= 11 is 5.26. The Hall–Kier alpha value is -1.02. The van der Waals surface area contributed by atoms with Crippen LogP contribution in [0.15, 0.2) is 57.9 Å². The molecule has 24 heavy (non-hydrogen) atoms. The standard InChI is InChI=1S/C17H20BrNO3S2/c1-19(2)24(20,21)17-8-6-16(7-9-17)22-10-11-23-13-14-4-3-5-15(18)12-14/h3-9,12H,10-11,13H2,1-2H3. The van der Waals surface area contributed by atoms with Crippen molar-refractivity contribution >= 4 is 37.7 Å². The van der Waals surface area contributed by atoms with Gasteiger partial charge in [-0.2, -0.15) is 11.8 Å². The van der Waals surface area contributed by atoms with Gasteiger partial charge in [0.1, 0.15) is 5.75 Å². The number of hydrogen-bond donors (Lipinski definition) is 0. The molecule has 0 amide bonds. The highest BCUT2D eigenvalue weighted by Gasteiger charge is 2.16. The number of rotatable bonds is 8. The van der Waals surface area contributed by atoms with Gasteiger partial charge in [0.2, 0.25) is 10.0 Å². The van der Waals surface area contributed by atoms with Crippen LogP contribution in [0, 0.1) is 0 Å². The van der Waals surface area contributed by atoms with Crippen molar-refractivity contribution in [2.45, 2.75) is 10.6 Å². The summed E-state index contributed by atoms with van der Waals surface area (Å²) in [6, 6.07) is 14.8. The maximum absolute atomic E-state index is 12.0. The fourth-order valence-electron chi connectivity index (χ4n) is 1.95. The van der Waals surface area contributed by atoms with E-state index in [9.17, 15) is 8.42 Å². The van der Waals surface area contributed by atoms with Gasteiger partial charge >= 0.3 is 0 Å². The maximum atomic E-state index is 12.0. The third-order valence-electron chi connectivity index (χ3n) is 3.26. The van der Waals surface area contributed by atoms with Crippen LogP contribution in [-0.2, 0) is 15.8 Å². The highest BCUT2D eigenvalue weighted by molar-refractivity contribution is 9.10. The maximum Gasteiger partial charge on any atom is 0.242 e. The largest absolute Gasteiger partial charge is 0.493 e. The molecular weight excluding hydrogens is 410 g/mol. The van der Waals surface area contributed by atoms with Crippen molar-refractivity contribution < 1.29 is 13.2 Å². The molecule has 0 aliphatic carbocycles. The lowest BCUT2D eigenvalue weighted by atomic mass is 10.2. The Labute approximate surface area is 156 Å². The average molecular weight is 430 g/mol. The first-order chi connectivity index (χ1) is 11.4. The molecule has 0 spiro atoms. The molecule has 0 unspecified atom stereocenters. The summed E-state index contributed by atoms with van der Waals surface area (Å²) in [6.45, 7) is 0.582.